The average molecular weight is 357 g/mol. The number of rotatable bonds is 6. The molecule has 1 heterocycles. The lowest BCUT2D eigenvalue weighted by atomic mass is 10.0. The number of amides is 2. The molecule has 0 spiro atoms. The SMILES string of the molecule is O=C(NCc1ccc(F)cc1)NC[C@H](c1ccccc1)N1CCOCC1. The van der Waals surface area contributed by atoms with Crippen LogP contribution in [0.1, 0.15) is 17.2 Å². The third-order valence-corrected chi connectivity index (χ3v) is 4.49. The van der Waals surface area contributed by atoms with Crippen LogP contribution in [0.2, 0.25) is 0 Å². The molecule has 2 aromatic carbocycles. The lowest BCUT2D eigenvalue weighted by Crippen LogP contribution is -2.45. The molecule has 6 heteroatoms. The fraction of sp³-hybridized carbons (Fsp3) is 0.350. The summed E-state index contributed by atoms with van der Waals surface area (Å²) in [4.78, 5) is 14.5. The van der Waals surface area contributed by atoms with Crippen LogP contribution < -0.4 is 10.6 Å². The van der Waals surface area contributed by atoms with Crippen LogP contribution in [0.3, 0.4) is 0 Å². The normalized spacial score (nSPS) is 16.0. The predicted molar refractivity (Wildman–Crippen MR) is 98.2 cm³/mol. The summed E-state index contributed by atoms with van der Waals surface area (Å²) in [6.07, 6.45) is 0. The van der Waals surface area contributed by atoms with E-state index in [9.17, 15) is 9.18 Å². The van der Waals surface area contributed by atoms with E-state index >= 15 is 0 Å². The maximum Gasteiger partial charge on any atom is 0.315 e. The summed E-state index contributed by atoms with van der Waals surface area (Å²) in [6, 6.07) is 16.2. The van der Waals surface area contributed by atoms with Crippen molar-refractivity contribution in [2.75, 3.05) is 32.8 Å². The van der Waals surface area contributed by atoms with Gasteiger partial charge >= 0.3 is 6.03 Å². The van der Waals surface area contributed by atoms with Crippen molar-refractivity contribution in [3.8, 4) is 0 Å². The number of carbonyl (C=O) groups excluding carboxylic acids is 1. The monoisotopic (exact) mass is 357 g/mol. The Kier molecular flexibility index (Phi) is 6.57. The number of ether oxygens (including phenoxy) is 1. The van der Waals surface area contributed by atoms with Crippen LogP contribution in [0.25, 0.3) is 0 Å². The van der Waals surface area contributed by atoms with Gasteiger partial charge in [-0.1, -0.05) is 42.5 Å². The maximum absolute atomic E-state index is 12.9. The Balaban J connectivity index is 1.54. The third-order valence-electron chi connectivity index (χ3n) is 4.49. The van der Waals surface area contributed by atoms with Gasteiger partial charge < -0.3 is 15.4 Å². The molecular weight excluding hydrogens is 333 g/mol. The molecule has 0 aromatic heterocycles. The van der Waals surface area contributed by atoms with Crippen molar-refractivity contribution in [1.29, 1.82) is 0 Å². The van der Waals surface area contributed by atoms with E-state index in [4.69, 9.17) is 4.74 Å². The van der Waals surface area contributed by atoms with E-state index in [1.165, 1.54) is 17.7 Å². The number of halogens is 1. The van der Waals surface area contributed by atoms with Crippen LogP contribution in [0.15, 0.2) is 54.6 Å². The first-order valence-corrected chi connectivity index (χ1v) is 8.85. The van der Waals surface area contributed by atoms with Gasteiger partial charge in [0, 0.05) is 26.2 Å². The summed E-state index contributed by atoms with van der Waals surface area (Å²) in [5.41, 5.74) is 2.03. The highest BCUT2D eigenvalue weighted by Gasteiger charge is 2.22. The van der Waals surface area contributed by atoms with Crippen molar-refractivity contribution in [2.24, 2.45) is 0 Å². The van der Waals surface area contributed by atoms with Gasteiger partial charge in [-0.3, -0.25) is 4.90 Å². The van der Waals surface area contributed by atoms with Crippen molar-refractivity contribution in [2.45, 2.75) is 12.6 Å². The molecule has 1 fully saturated rings. The number of nitrogens with one attached hydrogen (secondary N) is 2. The summed E-state index contributed by atoms with van der Waals surface area (Å²) < 4.78 is 18.4. The van der Waals surface area contributed by atoms with E-state index < -0.39 is 0 Å². The molecule has 1 saturated heterocycles. The van der Waals surface area contributed by atoms with Gasteiger partial charge in [0.2, 0.25) is 0 Å². The van der Waals surface area contributed by atoms with Gasteiger partial charge in [0.15, 0.2) is 0 Å². The average Bonchev–Trinajstić information content (AvgIpc) is 2.69. The highest BCUT2D eigenvalue weighted by Crippen LogP contribution is 2.20. The zero-order chi connectivity index (χ0) is 18.2. The number of carbonyl (C=O) groups is 1. The van der Waals surface area contributed by atoms with Crippen LogP contribution in [0, 0.1) is 5.82 Å². The first-order chi connectivity index (χ1) is 12.7. The molecule has 0 radical (unpaired) electrons. The Labute approximate surface area is 153 Å². The molecule has 0 saturated carbocycles. The number of hydrogen-bond acceptors (Lipinski definition) is 3. The van der Waals surface area contributed by atoms with Gasteiger partial charge in [-0.15, -0.1) is 0 Å². The number of nitrogens with zero attached hydrogens (tertiary/aromatic N) is 1. The first-order valence-electron chi connectivity index (χ1n) is 8.85. The molecule has 138 valence electrons. The molecule has 3 rings (SSSR count). The highest BCUT2D eigenvalue weighted by molar-refractivity contribution is 5.73. The lowest BCUT2D eigenvalue weighted by molar-refractivity contribution is 0.0167. The molecule has 26 heavy (non-hydrogen) atoms. The second-order valence-electron chi connectivity index (χ2n) is 6.26. The zero-order valence-electron chi connectivity index (χ0n) is 14.7. The minimum atomic E-state index is -0.283. The lowest BCUT2D eigenvalue weighted by Gasteiger charge is -2.34. The van der Waals surface area contributed by atoms with E-state index in [1.54, 1.807) is 12.1 Å². The zero-order valence-corrected chi connectivity index (χ0v) is 14.7. The van der Waals surface area contributed by atoms with Gasteiger partial charge in [0.05, 0.1) is 19.3 Å². The van der Waals surface area contributed by atoms with E-state index in [0.717, 1.165) is 18.7 Å². The minimum Gasteiger partial charge on any atom is -0.379 e. The Bertz CT molecular complexity index is 688. The number of hydrogen-bond donors (Lipinski definition) is 2. The standard InChI is InChI=1S/C20H24FN3O2/c21-18-8-6-16(7-9-18)14-22-20(25)23-15-19(17-4-2-1-3-5-17)24-10-12-26-13-11-24/h1-9,19H,10-15H2,(H2,22,23,25)/t19-/m1/s1. The minimum absolute atomic E-state index is 0.108. The number of urea groups is 1. The van der Waals surface area contributed by atoms with Gasteiger partial charge in [-0.2, -0.15) is 0 Å². The van der Waals surface area contributed by atoms with Crippen molar-refractivity contribution >= 4 is 6.03 Å². The molecule has 1 atom stereocenters. The van der Waals surface area contributed by atoms with Gasteiger partial charge in [0.25, 0.3) is 0 Å². The number of benzene rings is 2. The summed E-state index contributed by atoms with van der Waals surface area (Å²) in [6.45, 7) is 3.98. The topological polar surface area (TPSA) is 53.6 Å². The van der Waals surface area contributed by atoms with Crippen LogP contribution in [-0.2, 0) is 11.3 Å². The van der Waals surface area contributed by atoms with E-state index in [0.29, 0.717) is 26.3 Å². The van der Waals surface area contributed by atoms with Crippen molar-refractivity contribution in [1.82, 2.24) is 15.5 Å². The Morgan fingerprint density at radius 1 is 1.04 bits per heavy atom. The Hall–Kier alpha value is -2.44. The fourth-order valence-electron chi connectivity index (χ4n) is 3.06. The molecule has 2 N–H and O–H groups in total. The van der Waals surface area contributed by atoms with Crippen molar-refractivity contribution in [3.05, 3.63) is 71.5 Å². The summed E-state index contributed by atoms with van der Waals surface area (Å²) >= 11 is 0. The summed E-state index contributed by atoms with van der Waals surface area (Å²) in [5.74, 6) is -0.283. The van der Waals surface area contributed by atoms with Crippen LogP contribution in [-0.4, -0.2) is 43.8 Å². The van der Waals surface area contributed by atoms with Crippen molar-refractivity contribution in [3.63, 3.8) is 0 Å². The fourth-order valence-corrected chi connectivity index (χ4v) is 3.06. The molecular formula is C20H24FN3O2. The molecule has 1 aliphatic rings. The summed E-state index contributed by atoms with van der Waals surface area (Å²) in [5, 5.41) is 5.77. The second-order valence-corrected chi connectivity index (χ2v) is 6.26. The molecule has 0 aliphatic carbocycles. The molecule has 0 unspecified atom stereocenters. The smallest absolute Gasteiger partial charge is 0.315 e. The Morgan fingerprint density at radius 3 is 2.42 bits per heavy atom. The van der Waals surface area contributed by atoms with Gasteiger partial charge in [0.1, 0.15) is 5.82 Å². The molecule has 0 bridgehead atoms. The highest BCUT2D eigenvalue weighted by atomic mass is 19.1. The van der Waals surface area contributed by atoms with E-state index in [1.807, 2.05) is 18.2 Å². The third kappa shape index (κ3) is 5.28. The van der Waals surface area contributed by atoms with E-state index in [-0.39, 0.29) is 17.9 Å². The molecule has 2 amide bonds. The quantitative estimate of drug-likeness (QED) is 0.836. The first kappa shape index (κ1) is 18.4. The summed E-state index contributed by atoms with van der Waals surface area (Å²) in [7, 11) is 0. The van der Waals surface area contributed by atoms with Crippen LogP contribution in [0.5, 0.6) is 0 Å². The Morgan fingerprint density at radius 2 is 1.73 bits per heavy atom. The van der Waals surface area contributed by atoms with E-state index in [2.05, 4.69) is 27.7 Å². The molecule has 2 aromatic rings. The van der Waals surface area contributed by atoms with Gasteiger partial charge in [-0.25, -0.2) is 9.18 Å². The second kappa shape index (κ2) is 9.31. The van der Waals surface area contributed by atoms with Crippen molar-refractivity contribution < 1.29 is 13.9 Å². The van der Waals surface area contributed by atoms with Crippen LogP contribution >= 0.6 is 0 Å². The largest absolute Gasteiger partial charge is 0.379 e. The van der Waals surface area contributed by atoms with Gasteiger partial charge in [-0.05, 0) is 23.3 Å². The maximum atomic E-state index is 12.9. The molecule has 1 aliphatic heterocycles. The number of morpholine rings is 1. The molecule has 5 nitrogen and oxygen atoms in total. The van der Waals surface area contributed by atoms with Crippen LogP contribution in [0.4, 0.5) is 9.18 Å². The predicted octanol–water partition coefficient (Wildman–Crippen LogP) is 2.70.